The standard InChI is InChI=1S/C13H20BrO3Si/c1-18(2)8-7-16-10-17-12-3-4-13(14)11(9-12)5-6-15/h3-4,9,15H,5-8,10H2,1-2H3. The van der Waals surface area contributed by atoms with Crippen molar-refractivity contribution in [2.24, 2.45) is 0 Å². The van der Waals surface area contributed by atoms with Gasteiger partial charge in [-0.2, -0.15) is 0 Å². The molecule has 0 heterocycles. The van der Waals surface area contributed by atoms with Gasteiger partial charge < -0.3 is 14.6 Å². The van der Waals surface area contributed by atoms with Crippen LogP contribution in [0.25, 0.3) is 0 Å². The summed E-state index contributed by atoms with van der Waals surface area (Å²) in [5.41, 5.74) is 1.04. The highest BCUT2D eigenvalue weighted by Gasteiger charge is 2.02. The maximum absolute atomic E-state index is 8.95. The largest absolute Gasteiger partial charge is 0.468 e. The zero-order valence-electron chi connectivity index (χ0n) is 10.9. The Balaban J connectivity index is 2.35. The third-order valence-corrected chi connectivity index (χ3v) is 4.43. The summed E-state index contributed by atoms with van der Waals surface area (Å²) in [6.45, 7) is 5.72. The quantitative estimate of drug-likeness (QED) is 0.452. The van der Waals surface area contributed by atoms with Crippen molar-refractivity contribution in [3.8, 4) is 5.75 Å². The maximum atomic E-state index is 8.95. The second-order valence-electron chi connectivity index (χ2n) is 4.35. The molecule has 1 radical (unpaired) electrons. The lowest BCUT2D eigenvalue weighted by molar-refractivity contribution is 0.0222. The third-order valence-electron chi connectivity index (χ3n) is 2.45. The first-order valence-electron chi connectivity index (χ1n) is 6.02. The van der Waals surface area contributed by atoms with E-state index in [1.165, 1.54) is 0 Å². The lowest BCUT2D eigenvalue weighted by Crippen LogP contribution is -2.09. The van der Waals surface area contributed by atoms with Crippen molar-refractivity contribution in [3.63, 3.8) is 0 Å². The van der Waals surface area contributed by atoms with Gasteiger partial charge in [0.1, 0.15) is 5.75 Å². The fourth-order valence-corrected chi connectivity index (χ4v) is 2.40. The average molecular weight is 332 g/mol. The molecule has 101 valence electrons. The van der Waals surface area contributed by atoms with Crippen LogP contribution in [-0.4, -0.2) is 33.9 Å². The molecule has 0 atom stereocenters. The molecule has 3 nitrogen and oxygen atoms in total. The number of aliphatic hydroxyl groups excluding tert-OH is 1. The Labute approximate surface area is 119 Å². The van der Waals surface area contributed by atoms with Gasteiger partial charge >= 0.3 is 0 Å². The van der Waals surface area contributed by atoms with Crippen LogP contribution < -0.4 is 4.74 Å². The lowest BCUT2D eigenvalue weighted by atomic mass is 10.1. The SMILES string of the molecule is C[Si](C)CCOCOc1ccc(Br)c(CCO)c1. The zero-order chi connectivity index (χ0) is 13.4. The van der Waals surface area contributed by atoms with Crippen molar-refractivity contribution in [2.75, 3.05) is 20.0 Å². The van der Waals surface area contributed by atoms with E-state index in [9.17, 15) is 0 Å². The first-order chi connectivity index (χ1) is 8.63. The van der Waals surface area contributed by atoms with Gasteiger partial charge in [0.15, 0.2) is 6.79 Å². The molecule has 0 aromatic heterocycles. The van der Waals surface area contributed by atoms with Crippen LogP contribution in [0.4, 0.5) is 0 Å². The second-order valence-corrected chi connectivity index (χ2v) is 8.12. The Kier molecular flexibility index (Phi) is 7.58. The van der Waals surface area contributed by atoms with Crippen LogP contribution in [-0.2, 0) is 11.2 Å². The van der Waals surface area contributed by atoms with E-state index >= 15 is 0 Å². The Morgan fingerprint density at radius 3 is 2.78 bits per heavy atom. The number of ether oxygens (including phenoxy) is 2. The minimum absolute atomic E-state index is 0.135. The molecule has 18 heavy (non-hydrogen) atoms. The molecular formula is C13H20BrO3Si. The van der Waals surface area contributed by atoms with Crippen LogP contribution in [0.2, 0.25) is 19.1 Å². The van der Waals surface area contributed by atoms with E-state index < -0.39 is 0 Å². The summed E-state index contributed by atoms with van der Waals surface area (Å²) in [5.74, 6) is 0.778. The van der Waals surface area contributed by atoms with Gasteiger partial charge in [0.2, 0.25) is 0 Å². The maximum Gasteiger partial charge on any atom is 0.189 e. The summed E-state index contributed by atoms with van der Waals surface area (Å²) in [5, 5.41) is 8.95. The summed E-state index contributed by atoms with van der Waals surface area (Å²) in [6.07, 6.45) is 0.621. The Bertz CT molecular complexity index is 358. The van der Waals surface area contributed by atoms with E-state index in [2.05, 4.69) is 29.0 Å². The molecule has 1 N–H and O–H groups in total. The fraction of sp³-hybridized carbons (Fsp3) is 0.538. The average Bonchev–Trinajstić information content (AvgIpc) is 2.32. The van der Waals surface area contributed by atoms with Crippen LogP contribution in [0.3, 0.4) is 0 Å². The van der Waals surface area contributed by atoms with Crippen molar-refractivity contribution >= 4 is 24.7 Å². The molecule has 0 spiro atoms. The van der Waals surface area contributed by atoms with E-state index in [4.69, 9.17) is 14.6 Å². The van der Waals surface area contributed by atoms with Crippen LogP contribution in [0.5, 0.6) is 5.75 Å². The number of hydrogen-bond donors (Lipinski definition) is 1. The van der Waals surface area contributed by atoms with E-state index in [0.29, 0.717) is 6.42 Å². The molecular weight excluding hydrogens is 312 g/mol. The molecule has 0 aliphatic rings. The van der Waals surface area contributed by atoms with E-state index in [0.717, 1.165) is 28.4 Å². The highest BCUT2D eigenvalue weighted by Crippen LogP contribution is 2.23. The van der Waals surface area contributed by atoms with Crippen molar-refractivity contribution < 1.29 is 14.6 Å². The highest BCUT2D eigenvalue weighted by molar-refractivity contribution is 9.10. The van der Waals surface area contributed by atoms with E-state index in [-0.39, 0.29) is 22.2 Å². The summed E-state index contributed by atoms with van der Waals surface area (Å²) < 4.78 is 11.9. The van der Waals surface area contributed by atoms with Crippen LogP contribution in [0.1, 0.15) is 5.56 Å². The number of aliphatic hydroxyl groups is 1. The van der Waals surface area contributed by atoms with Crippen LogP contribution in [0.15, 0.2) is 22.7 Å². The normalized spacial score (nSPS) is 10.9. The predicted molar refractivity (Wildman–Crippen MR) is 78.7 cm³/mol. The summed E-state index contributed by atoms with van der Waals surface area (Å²) >= 11 is 3.45. The Morgan fingerprint density at radius 1 is 1.33 bits per heavy atom. The molecule has 0 saturated carbocycles. The van der Waals surface area contributed by atoms with Crippen molar-refractivity contribution in [2.45, 2.75) is 25.6 Å². The summed E-state index contributed by atoms with van der Waals surface area (Å²) in [6, 6.07) is 6.89. The molecule has 1 rings (SSSR count). The molecule has 0 aliphatic heterocycles. The van der Waals surface area contributed by atoms with Crippen molar-refractivity contribution in [1.29, 1.82) is 0 Å². The van der Waals surface area contributed by atoms with Gasteiger partial charge in [0.05, 0.1) is 0 Å². The summed E-state index contributed by atoms with van der Waals surface area (Å²) in [4.78, 5) is 0. The van der Waals surface area contributed by atoms with Gasteiger partial charge in [0.25, 0.3) is 0 Å². The number of hydrogen-bond acceptors (Lipinski definition) is 3. The minimum atomic E-state index is -0.213. The number of rotatable bonds is 8. The molecule has 0 saturated heterocycles. The second kappa shape index (κ2) is 8.69. The van der Waals surface area contributed by atoms with Gasteiger partial charge in [-0.3, -0.25) is 0 Å². The first-order valence-corrected chi connectivity index (χ1v) is 9.52. The molecule has 0 fully saturated rings. The molecule has 5 heteroatoms. The number of halogens is 1. The topological polar surface area (TPSA) is 38.7 Å². The molecule has 0 unspecified atom stereocenters. The summed E-state index contributed by atoms with van der Waals surface area (Å²) in [7, 11) is -0.213. The van der Waals surface area contributed by atoms with Gasteiger partial charge in [-0.15, -0.1) is 0 Å². The van der Waals surface area contributed by atoms with Crippen LogP contribution >= 0.6 is 15.9 Å². The van der Waals surface area contributed by atoms with Crippen molar-refractivity contribution in [3.05, 3.63) is 28.2 Å². The highest BCUT2D eigenvalue weighted by atomic mass is 79.9. The first kappa shape index (κ1) is 15.7. The van der Waals surface area contributed by atoms with Gasteiger partial charge in [-0.25, -0.2) is 0 Å². The fourth-order valence-electron chi connectivity index (χ4n) is 1.40. The van der Waals surface area contributed by atoms with Crippen molar-refractivity contribution in [1.82, 2.24) is 0 Å². The number of benzene rings is 1. The Morgan fingerprint density at radius 2 is 2.11 bits per heavy atom. The monoisotopic (exact) mass is 331 g/mol. The predicted octanol–water partition coefficient (Wildman–Crippen LogP) is 3.09. The lowest BCUT2D eigenvalue weighted by Gasteiger charge is -2.10. The zero-order valence-corrected chi connectivity index (χ0v) is 13.5. The molecule has 0 aliphatic carbocycles. The van der Waals surface area contributed by atoms with Gasteiger partial charge in [-0.05, 0) is 36.2 Å². The molecule has 1 aromatic carbocycles. The Hall–Kier alpha value is -0.363. The van der Waals surface area contributed by atoms with Gasteiger partial charge in [0, 0.05) is 26.5 Å². The molecule has 0 amide bonds. The van der Waals surface area contributed by atoms with Gasteiger partial charge in [-0.1, -0.05) is 29.0 Å². The third kappa shape index (κ3) is 6.00. The van der Waals surface area contributed by atoms with E-state index in [1.54, 1.807) is 0 Å². The van der Waals surface area contributed by atoms with E-state index in [1.807, 2.05) is 18.2 Å². The van der Waals surface area contributed by atoms with Crippen LogP contribution in [0, 0.1) is 0 Å². The minimum Gasteiger partial charge on any atom is -0.468 e. The smallest absolute Gasteiger partial charge is 0.189 e. The molecule has 0 bridgehead atoms. The molecule has 1 aromatic rings.